The van der Waals surface area contributed by atoms with Gasteiger partial charge in [-0.15, -0.1) is 0 Å². The van der Waals surface area contributed by atoms with E-state index in [1.165, 1.54) is 6.07 Å². The molecule has 1 aromatic rings. The molecule has 186 valence electrons. The topological polar surface area (TPSA) is 107 Å². The van der Waals surface area contributed by atoms with Crippen molar-refractivity contribution in [3.63, 3.8) is 0 Å². The number of hydrogen-bond acceptors (Lipinski definition) is 6. The van der Waals surface area contributed by atoms with E-state index in [1.807, 2.05) is 13.8 Å². The number of esters is 2. The SMILES string of the molecule is CCCCCC(CC)OC(=O)c1cc(C(=O)OC(CC)CCCCC)cc(S(=O)(=O)O)c1.[Ba+2].[H-].[H-]. The van der Waals surface area contributed by atoms with Gasteiger partial charge in [-0.25, -0.2) is 9.59 Å². The maximum absolute atomic E-state index is 12.7. The molecule has 9 heteroatoms. The molecule has 0 aliphatic carbocycles. The summed E-state index contributed by atoms with van der Waals surface area (Å²) in [6.45, 7) is 7.98. The van der Waals surface area contributed by atoms with Gasteiger partial charge in [-0.1, -0.05) is 53.4 Å². The quantitative estimate of drug-likeness (QED) is 0.116. The Morgan fingerprint density at radius 2 is 1.21 bits per heavy atom. The van der Waals surface area contributed by atoms with E-state index in [0.29, 0.717) is 25.7 Å². The average molecular weight is 610 g/mol. The first-order valence-corrected chi connectivity index (χ1v) is 13.1. The fraction of sp³-hybridized carbons (Fsp3) is 0.667. The van der Waals surface area contributed by atoms with Crippen molar-refractivity contribution < 1.29 is 34.9 Å². The summed E-state index contributed by atoms with van der Waals surface area (Å²) in [6, 6.07) is 3.30. The van der Waals surface area contributed by atoms with Gasteiger partial charge < -0.3 is 12.3 Å². The van der Waals surface area contributed by atoms with Crippen LogP contribution in [-0.4, -0.2) is 86.0 Å². The van der Waals surface area contributed by atoms with Gasteiger partial charge in [0.05, 0.1) is 16.0 Å². The number of unbranched alkanes of at least 4 members (excludes halogenated alkanes) is 4. The van der Waals surface area contributed by atoms with Crippen LogP contribution in [-0.2, 0) is 19.6 Å². The minimum atomic E-state index is -4.63. The van der Waals surface area contributed by atoms with Crippen LogP contribution in [0.1, 0.15) is 115 Å². The van der Waals surface area contributed by atoms with Crippen molar-refractivity contribution >= 4 is 70.9 Å². The van der Waals surface area contributed by atoms with Crippen molar-refractivity contribution in [2.75, 3.05) is 0 Å². The first kappa shape index (κ1) is 32.6. The fourth-order valence-electron chi connectivity index (χ4n) is 3.36. The molecule has 1 rings (SSSR count). The second kappa shape index (κ2) is 17.1. The number of rotatable bonds is 15. The standard InChI is InChI=1S/C24H38O7S.Ba.2H/c1-5-9-11-13-20(7-3)30-23(25)18-15-19(17-22(16-18)32(27,28)29)24(26)31-21(8-4)14-12-10-6-2;;;/h15-17,20-21H,5-14H2,1-4H3,(H,27,28,29);;;/q;+2;2*-1. The third kappa shape index (κ3) is 12.2. The van der Waals surface area contributed by atoms with Gasteiger partial charge in [-0.05, 0) is 56.7 Å². The number of hydrogen-bond donors (Lipinski definition) is 1. The molecule has 0 aliphatic rings. The summed E-state index contributed by atoms with van der Waals surface area (Å²) >= 11 is 0. The molecule has 7 nitrogen and oxygen atoms in total. The van der Waals surface area contributed by atoms with Crippen molar-refractivity contribution in [3.05, 3.63) is 29.3 Å². The summed E-state index contributed by atoms with van der Waals surface area (Å²) in [5.74, 6) is -1.47. The Hall–Kier alpha value is -0.359. The molecule has 1 aromatic carbocycles. The van der Waals surface area contributed by atoms with Gasteiger partial charge in [-0.2, -0.15) is 8.42 Å². The third-order valence-electron chi connectivity index (χ3n) is 5.39. The van der Waals surface area contributed by atoms with Gasteiger partial charge in [-0.3, -0.25) is 4.55 Å². The van der Waals surface area contributed by atoms with Gasteiger partial charge >= 0.3 is 60.8 Å². The summed E-state index contributed by atoms with van der Waals surface area (Å²) < 4.78 is 44.1. The molecular weight excluding hydrogens is 570 g/mol. The van der Waals surface area contributed by atoms with Gasteiger partial charge in [0.15, 0.2) is 0 Å². The van der Waals surface area contributed by atoms with Crippen molar-refractivity contribution in [1.82, 2.24) is 0 Å². The summed E-state index contributed by atoms with van der Waals surface area (Å²) in [7, 11) is -4.63. The van der Waals surface area contributed by atoms with Crippen LogP contribution in [0.15, 0.2) is 23.1 Å². The molecule has 0 radical (unpaired) electrons. The van der Waals surface area contributed by atoms with Crippen molar-refractivity contribution in [2.24, 2.45) is 0 Å². The fourth-order valence-corrected chi connectivity index (χ4v) is 3.91. The van der Waals surface area contributed by atoms with Gasteiger partial charge in [0, 0.05) is 0 Å². The van der Waals surface area contributed by atoms with E-state index < -0.39 is 27.0 Å². The average Bonchev–Trinajstić information content (AvgIpc) is 2.76. The minimum Gasteiger partial charge on any atom is -1.00 e. The predicted octanol–water partition coefficient (Wildman–Crippen LogP) is 5.81. The molecule has 33 heavy (non-hydrogen) atoms. The largest absolute Gasteiger partial charge is 2.00 e. The Morgan fingerprint density at radius 1 is 0.818 bits per heavy atom. The Kier molecular flexibility index (Phi) is 16.9. The van der Waals surface area contributed by atoms with Crippen LogP contribution in [0.4, 0.5) is 0 Å². The van der Waals surface area contributed by atoms with Crippen LogP contribution in [0, 0.1) is 0 Å². The monoisotopic (exact) mass is 610 g/mol. The zero-order valence-electron chi connectivity index (χ0n) is 22.5. The van der Waals surface area contributed by atoms with E-state index in [2.05, 4.69) is 13.8 Å². The van der Waals surface area contributed by atoms with Crippen LogP contribution in [0.2, 0.25) is 0 Å². The molecule has 1 N–H and O–H groups in total. The normalized spacial score (nSPS) is 13.0. The Morgan fingerprint density at radius 3 is 1.52 bits per heavy atom. The summed E-state index contributed by atoms with van der Waals surface area (Å²) in [5.41, 5.74) is -0.222. The molecule has 0 amide bonds. The molecule has 0 bridgehead atoms. The number of carbonyl (C=O) groups excluding carboxylic acids is 2. The first-order chi connectivity index (χ1) is 15.2. The molecule has 0 heterocycles. The first-order valence-electron chi connectivity index (χ1n) is 11.7. The molecular formula is C24H40BaO7S. The van der Waals surface area contributed by atoms with Gasteiger partial charge in [0.2, 0.25) is 0 Å². The zero-order valence-corrected chi connectivity index (χ0v) is 25.7. The summed E-state index contributed by atoms with van der Waals surface area (Å²) in [6.07, 6.45) is 8.03. The van der Waals surface area contributed by atoms with Crippen molar-refractivity contribution in [1.29, 1.82) is 0 Å². The van der Waals surface area contributed by atoms with Crippen molar-refractivity contribution in [3.8, 4) is 0 Å². The van der Waals surface area contributed by atoms with Gasteiger partial charge in [0.25, 0.3) is 10.1 Å². The Bertz CT molecular complexity index is 800. The maximum atomic E-state index is 12.7. The molecule has 0 aliphatic heterocycles. The van der Waals surface area contributed by atoms with Crippen LogP contribution in [0.3, 0.4) is 0 Å². The van der Waals surface area contributed by atoms with Crippen LogP contribution in [0.5, 0.6) is 0 Å². The maximum Gasteiger partial charge on any atom is 2.00 e. The van der Waals surface area contributed by atoms with E-state index >= 15 is 0 Å². The van der Waals surface area contributed by atoms with E-state index in [0.717, 1.165) is 50.7 Å². The minimum absolute atomic E-state index is 0. The predicted molar refractivity (Wildman–Crippen MR) is 132 cm³/mol. The van der Waals surface area contributed by atoms with E-state index in [9.17, 15) is 22.6 Å². The van der Waals surface area contributed by atoms with Crippen LogP contribution >= 0.6 is 0 Å². The molecule has 0 aromatic heterocycles. The molecule has 0 spiro atoms. The molecule has 2 atom stereocenters. The van der Waals surface area contributed by atoms with E-state index in [-0.39, 0.29) is 75.1 Å². The third-order valence-corrected chi connectivity index (χ3v) is 6.22. The second-order valence-electron chi connectivity index (χ2n) is 8.08. The smallest absolute Gasteiger partial charge is 1.00 e. The molecule has 0 fully saturated rings. The van der Waals surface area contributed by atoms with Crippen LogP contribution in [0.25, 0.3) is 0 Å². The Balaban J connectivity index is -0.00000341. The number of benzene rings is 1. The molecule has 0 saturated heterocycles. The molecule has 2 unspecified atom stereocenters. The van der Waals surface area contributed by atoms with E-state index in [4.69, 9.17) is 9.47 Å². The summed E-state index contributed by atoms with van der Waals surface area (Å²) in [5, 5.41) is 0. The van der Waals surface area contributed by atoms with Crippen molar-refractivity contribution in [2.45, 2.75) is 109 Å². The number of ether oxygens (including phenoxy) is 2. The number of carbonyl (C=O) groups is 2. The second-order valence-corrected chi connectivity index (χ2v) is 9.51. The zero-order chi connectivity index (χ0) is 24.1. The van der Waals surface area contributed by atoms with Crippen LogP contribution < -0.4 is 0 Å². The summed E-state index contributed by atoms with van der Waals surface area (Å²) in [4.78, 5) is 24.9. The van der Waals surface area contributed by atoms with Gasteiger partial charge in [0.1, 0.15) is 12.2 Å². The van der Waals surface area contributed by atoms with E-state index in [1.54, 1.807) is 0 Å². The Labute approximate surface area is 242 Å². The molecule has 0 saturated carbocycles.